The molecule has 0 radical (unpaired) electrons. The molecule has 3 fully saturated rings. The number of halogens is 4. The molecule has 3 heterocycles. The van der Waals surface area contributed by atoms with Crippen LogP contribution >= 0.6 is 11.6 Å². The Kier molecular flexibility index (Phi) is 7.73. The van der Waals surface area contributed by atoms with E-state index in [0.717, 1.165) is 44.6 Å². The summed E-state index contributed by atoms with van der Waals surface area (Å²) in [6, 6.07) is 0.801. The van der Waals surface area contributed by atoms with Crippen LogP contribution in [-0.4, -0.2) is 29.3 Å². The fraction of sp³-hybridized carbons (Fsp3) is 0.727. The number of rotatable bonds is 9. The summed E-state index contributed by atoms with van der Waals surface area (Å²) in [5, 5.41) is 3.08. The van der Waals surface area contributed by atoms with Crippen LogP contribution in [0.15, 0.2) is 12.3 Å². The minimum absolute atomic E-state index is 0.0861. The largest absolute Gasteiger partial charge is 0.467 e. The molecule has 2 bridgehead atoms. The maximum Gasteiger partial charge on any atom is 0.417 e. The molecule has 0 amide bonds. The van der Waals surface area contributed by atoms with E-state index in [0.29, 0.717) is 31.5 Å². The van der Waals surface area contributed by atoms with Crippen molar-refractivity contribution in [2.75, 3.05) is 6.54 Å². The van der Waals surface area contributed by atoms with Gasteiger partial charge in [-0.05, 0) is 31.2 Å². The van der Waals surface area contributed by atoms with Gasteiger partial charge in [-0.3, -0.25) is 10.1 Å². The first kappa shape index (κ1) is 24.1. The Bertz CT molecular complexity index is 767. The van der Waals surface area contributed by atoms with E-state index in [1.165, 1.54) is 0 Å². The van der Waals surface area contributed by atoms with E-state index in [9.17, 15) is 18.0 Å². The van der Waals surface area contributed by atoms with Gasteiger partial charge in [-0.2, -0.15) is 13.2 Å². The predicted octanol–water partition coefficient (Wildman–Crippen LogP) is 5.75. The van der Waals surface area contributed by atoms with Crippen LogP contribution in [0.25, 0.3) is 0 Å². The predicted molar refractivity (Wildman–Crippen MR) is 111 cm³/mol. The summed E-state index contributed by atoms with van der Waals surface area (Å²) in [5.41, 5.74) is -1.96. The first-order valence-electron chi connectivity index (χ1n) is 11.0. The van der Waals surface area contributed by atoms with Crippen molar-refractivity contribution >= 4 is 17.6 Å². The maximum absolute atomic E-state index is 12.9. The third-order valence-electron chi connectivity index (χ3n) is 6.25. The van der Waals surface area contributed by atoms with Gasteiger partial charge >= 0.3 is 12.1 Å². The number of nitrogens with one attached hydrogen (secondary N) is 1. The number of esters is 1. The van der Waals surface area contributed by atoms with Gasteiger partial charge in [0.05, 0.1) is 11.5 Å². The van der Waals surface area contributed by atoms with E-state index in [-0.39, 0.29) is 22.8 Å². The Labute approximate surface area is 186 Å². The lowest BCUT2D eigenvalue weighted by molar-refractivity contribution is -0.203. The molecule has 174 valence electrons. The Morgan fingerprint density at radius 3 is 2.77 bits per heavy atom. The third kappa shape index (κ3) is 5.83. The van der Waals surface area contributed by atoms with E-state index in [1.54, 1.807) is 0 Å². The number of hydrogen-bond donors (Lipinski definition) is 1. The molecule has 1 aliphatic carbocycles. The van der Waals surface area contributed by atoms with Crippen LogP contribution < -0.4 is 10.1 Å². The molecular formula is C22H30ClF3N2O3. The number of fused-ring (bicyclic) bond motifs is 3. The molecule has 0 spiro atoms. The molecule has 1 aromatic heterocycles. The number of ether oxygens (including phenoxy) is 2. The molecule has 4 rings (SSSR count). The van der Waals surface area contributed by atoms with Crippen molar-refractivity contribution < 1.29 is 27.4 Å². The van der Waals surface area contributed by atoms with Crippen molar-refractivity contribution in [1.29, 1.82) is 0 Å². The van der Waals surface area contributed by atoms with Crippen LogP contribution in [0.4, 0.5) is 13.2 Å². The van der Waals surface area contributed by atoms with Crippen molar-refractivity contribution in [2.45, 2.75) is 83.2 Å². The summed E-state index contributed by atoms with van der Waals surface area (Å²) in [5.74, 6) is -0.270. The zero-order chi connectivity index (χ0) is 22.6. The lowest BCUT2D eigenvalue weighted by Gasteiger charge is -2.51. The van der Waals surface area contributed by atoms with Crippen LogP contribution in [-0.2, 0) is 15.7 Å². The number of aromatic nitrogens is 1. The summed E-state index contributed by atoms with van der Waals surface area (Å²) in [7, 11) is 0. The second-order valence-corrected chi connectivity index (χ2v) is 9.10. The van der Waals surface area contributed by atoms with Gasteiger partial charge in [-0.15, -0.1) is 0 Å². The molecule has 1 unspecified atom stereocenters. The van der Waals surface area contributed by atoms with Crippen LogP contribution in [0, 0.1) is 11.8 Å². The Balaban J connectivity index is 1.69. The van der Waals surface area contributed by atoms with E-state index < -0.39 is 23.6 Å². The summed E-state index contributed by atoms with van der Waals surface area (Å²) in [4.78, 5) is 16.6. The normalized spacial score (nSPS) is 26.5. The van der Waals surface area contributed by atoms with Crippen molar-refractivity contribution in [2.24, 2.45) is 11.8 Å². The molecular weight excluding hydrogens is 433 g/mol. The number of unbranched alkanes of at least 4 members (excludes halogenated alkanes) is 3. The maximum atomic E-state index is 12.9. The molecule has 9 heteroatoms. The van der Waals surface area contributed by atoms with Crippen LogP contribution in [0.5, 0.6) is 5.88 Å². The van der Waals surface area contributed by atoms with E-state index in [4.69, 9.17) is 21.1 Å². The van der Waals surface area contributed by atoms with Gasteiger partial charge in [0, 0.05) is 19.2 Å². The number of carbonyl (C=O) groups excluding carboxylic acids is 1. The Morgan fingerprint density at radius 1 is 1.39 bits per heavy atom. The fourth-order valence-corrected chi connectivity index (χ4v) is 4.48. The summed E-state index contributed by atoms with van der Waals surface area (Å²) < 4.78 is 50.6. The van der Waals surface area contributed by atoms with E-state index in [1.807, 2.05) is 6.92 Å². The standard InChI is InChI=1S/C22H30ClF3N2O3/c1-3-4-5-6-7-14(2)20(29)31-21-9-8-15(12-28-21)10-18(21)30-19-17(23)11-16(13-27-19)22(24,25)26/h11,13-15,18,28H,3-10,12H2,1-2H3/t14?,15-,18-,21+/m1/s1. The molecule has 0 aromatic carbocycles. The molecule has 3 aliphatic rings. The molecule has 4 atom stereocenters. The summed E-state index contributed by atoms with van der Waals surface area (Å²) in [6.07, 6.45) is 2.77. The highest BCUT2D eigenvalue weighted by Crippen LogP contribution is 2.42. The van der Waals surface area contributed by atoms with Crippen LogP contribution in [0.3, 0.4) is 0 Å². The Hall–Kier alpha value is -1.54. The Morgan fingerprint density at radius 2 is 2.16 bits per heavy atom. The molecule has 2 aliphatic heterocycles. The van der Waals surface area contributed by atoms with Gasteiger partial charge in [-0.25, -0.2) is 4.98 Å². The number of alkyl halides is 3. The summed E-state index contributed by atoms with van der Waals surface area (Å²) >= 11 is 6.03. The van der Waals surface area contributed by atoms with Gasteiger partial charge in [-0.1, -0.05) is 51.1 Å². The smallest absolute Gasteiger partial charge is 0.417 e. The topological polar surface area (TPSA) is 60.5 Å². The lowest BCUT2D eigenvalue weighted by atomic mass is 9.76. The average molecular weight is 463 g/mol. The van der Waals surface area contributed by atoms with Gasteiger partial charge in [0.2, 0.25) is 11.6 Å². The fourth-order valence-electron chi connectivity index (χ4n) is 4.27. The number of piperidine rings is 2. The number of hydrogen-bond acceptors (Lipinski definition) is 5. The van der Waals surface area contributed by atoms with Gasteiger partial charge in [0.15, 0.2) is 6.10 Å². The number of carbonyl (C=O) groups is 1. The second kappa shape index (κ2) is 9.94. The summed E-state index contributed by atoms with van der Waals surface area (Å²) in [6.45, 7) is 4.70. The zero-order valence-corrected chi connectivity index (χ0v) is 18.7. The highest BCUT2D eigenvalue weighted by Gasteiger charge is 2.53. The number of nitrogens with zero attached hydrogens (tertiary/aromatic N) is 1. The van der Waals surface area contributed by atoms with Gasteiger partial charge in [0.25, 0.3) is 0 Å². The molecule has 2 saturated heterocycles. The molecule has 1 N–H and O–H groups in total. The second-order valence-electron chi connectivity index (χ2n) is 8.70. The zero-order valence-electron chi connectivity index (χ0n) is 17.9. The molecule has 1 saturated carbocycles. The average Bonchev–Trinajstić information content (AvgIpc) is 2.72. The van der Waals surface area contributed by atoms with Crippen LogP contribution in [0.1, 0.15) is 70.8 Å². The highest BCUT2D eigenvalue weighted by atomic mass is 35.5. The van der Waals surface area contributed by atoms with Crippen molar-refractivity contribution in [1.82, 2.24) is 10.3 Å². The molecule has 31 heavy (non-hydrogen) atoms. The number of pyridine rings is 1. The van der Waals surface area contributed by atoms with Gasteiger partial charge < -0.3 is 9.47 Å². The SMILES string of the molecule is CCCCCCC(C)C(=O)O[C@]12CC[C@@H](CN1)C[C@H]2Oc1ncc(C(F)(F)F)cc1Cl. The first-order valence-corrected chi connectivity index (χ1v) is 11.4. The quantitative estimate of drug-likeness (QED) is 0.374. The van der Waals surface area contributed by atoms with E-state index in [2.05, 4.69) is 17.2 Å². The van der Waals surface area contributed by atoms with Crippen molar-refractivity contribution in [3.8, 4) is 5.88 Å². The van der Waals surface area contributed by atoms with E-state index >= 15 is 0 Å². The lowest BCUT2D eigenvalue weighted by Crippen LogP contribution is -2.67. The molecule has 1 aromatic rings. The van der Waals surface area contributed by atoms with Crippen molar-refractivity contribution in [3.05, 3.63) is 22.8 Å². The van der Waals surface area contributed by atoms with Crippen molar-refractivity contribution in [3.63, 3.8) is 0 Å². The monoisotopic (exact) mass is 462 g/mol. The van der Waals surface area contributed by atoms with Gasteiger partial charge in [0.1, 0.15) is 5.02 Å². The molecule has 5 nitrogen and oxygen atoms in total. The minimum atomic E-state index is -4.54. The highest BCUT2D eigenvalue weighted by molar-refractivity contribution is 6.31. The first-order chi connectivity index (χ1) is 14.6. The van der Waals surface area contributed by atoms with Crippen LogP contribution in [0.2, 0.25) is 5.02 Å². The third-order valence-corrected chi connectivity index (χ3v) is 6.52. The minimum Gasteiger partial charge on any atom is -0.467 e.